The van der Waals surface area contributed by atoms with Crippen molar-refractivity contribution in [2.24, 2.45) is 0 Å². The number of halogens is 2. The van der Waals surface area contributed by atoms with Crippen LogP contribution in [0.15, 0.2) is 47.4 Å². The molecule has 0 radical (unpaired) electrons. The SMILES string of the molecule is Cc1cc(S(=O)(=O)N2CCNCC2c2cccc(F)c2)ccc1C#N.Cl. The average Bonchev–Trinajstić information content (AvgIpc) is 2.61. The standard InChI is InChI=1S/C18H18FN3O2S.ClH/c1-13-9-17(6-5-15(13)11-20)25(23,24)22-8-7-21-12-18(22)14-3-2-4-16(19)10-14;/h2-6,9-10,18,21H,7-8,12H2,1H3;1H. The summed E-state index contributed by atoms with van der Waals surface area (Å²) in [6.07, 6.45) is 0. The van der Waals surface area contributed by atoms with Crippen LogP contribution in [-0.2, 0) is 10.0 Å². The van der Waals surface area contributed by atoms with Crippen LogP contribution in [0.2, 0.25) is 0 Å². The molecule has 1 heterocycles. The van der Waals surface area contributed by atoms with Crippen LogP contribution in [0.5, 0.6) is 0 Å². The molecule has 1 unspecified atom stereocenters. The van der Waals surface area contributed by atoms with Gasteiger partial charge in [-0.1, -0.05) is 12.1 Å². The number of hydrogen-bond donors (Lipinski definition) is 1. The van der Waals surface area contributed by atoms with E-state index < -0.39 is 21.9 Å². The Bertz CT molecular complexity index is 944. The van der Waals surface area contributed by atoms with Crippen molar-refractivity contribution in [1.82, 2.24) is 9.62 Å². The molecule has 0 spiro atoms. The number of piperazine rings is 1. The molecule has 0 aromatic heterocycles. The molecule has 1 aliphatic heterocycles. The Morgan fingerprint density at radius 3 is 2.69 bits per heavy atom. The van der Waals surface area contributed by atoms with Gasteiger partial charge >= 0.3 is 0 Å². The van der Waals surface area contributed by atoms with Gasteiger partial charge in [-0.3, -0.25) is 0 Å². The number of rotatable bonds is 3. The molecular weight excluding hydrogens is 377 g/mol. The van der Waals surface area contributed by atoms with Crippen molar-refractivity contribution >= 4 is 22.4 Å². The van der Waals surface area contributed by atoms with Crippen LogP contribution in [0, 0.1) is 24.1 Å². The van der Waals surface area contributed by atoms with Gasteiger partial charge < -0.3 is 5.32 Å². The molecule has 2 aromatic rings. The van der Waals surface area contributed by atoms with E-state index in [4.69, 9.17) is 5.26 Å². The van der Waals surface area contributed by atoms with E-state index in [9.17, 15) is 12.8 Å². The molecule has 0 amide bonds. The quantitative estimate of drug-likeness (QED) is 0.867. The van der Waals surface area contributed by atoms with Crippen LogP contribution in [0.3, 0.4) is 0 Å². The lowest BCUT2D eigenvalue weighted by Gasteiger charge is -2.35. The van der Waals surface area contributed by atoms with Gasteiger partial charge in [0.15, 0.2) is 0 Å². The topological polar surface area (TPSA) is 73.2 Å². The highest BCUT2D eigenvalue weighted by molar-refractivity contribution is 7.89. The summed E-state index contributed by atoms with van der Waals surface area (Å²) < 4.78 is 41.2. The summed E-state index contributed by atoms with van der Waals surface area (Å²) >= 11 is 0. The first-order valence-electron chi connectivity index (χ1n) is 7.92. The second kappa shape index (κ2) is 8.14. The minimum atomic E-state index is -3.76. The van der Waals surface area contributed by atoms with Crippen LogP contribution >= 0.6 is 12.4 Å². The van der Waals surface area contributed by atoms with Crippen molar-refractivity contribution in [3.05, 3.63) is 65.0 Å². The predicted molar refractivity (Wildman–Crippen MR) is 99.0 cm³/mol. The molecule has 1 saturated heterocycles. The van der Waals surface area contributed by atoms with E-state index in [0.29, 0.717) is 36.3 Å². The highest BCUT2D eigenvalue weighted by atomic mass is 35.5. The van der Waals surface area contributed by atoms with E-state index in [-0.39, 0.29) is 17.3 Å². The van der Waals surface area contributed by atoms with Crippen molar-refractivity contribution in [3.63, 3.8) is 0 Å². The van der Waals surface area contributed by atoms with E-state index in [1.165, 1.54) is 34.6 Å². The average molecular weight is 396 g/mol. The molecule has 0 aliphatic carbocycles. The third-order valence-corrected chi connectivity index (χ3v) is 6.26. The lowest BCUT2D eigenvalue weighted by molar-refractivity contribution is 0.271. The van der Waals surface area contributed by atoms with Gasteiger partial charge in [0.25, 0.3) is 0 Å². The Labute approximate surface area is 158 Å². The Kier molecular flexibility index (Phi) is 6.37. The van der Waals surface area contributed by atoms with Crippen molar-refractivity contribution < 1.29 is 12.8 Å². The lowest BCUT2D eigenvalue weighted by atomic mass is 10.1. The molecule has 0 bridgehead atoms. The van der Waals surface area contributed by atoms with Crippen molar-refractivity contribution in [1.29, 1.82) is 5.26 Å². The van der Waals surface area contributed by atoms with Gasteiger partial charge in [-0.25, -0.2) is 12.8 Å². The van der Waals surface area contributed by atoms with Crippen LogP contribution in [0.4, 0.5) is 4.39 Å². The smallest absolute Gasteiger partial charge is 0.243 e. The number of aryl methyl sites for hydroxylation is 1. The van der Waals surface area contributed by atoms with Gasteiger partial charge in [-0.05, 0) is 48.4 Å². The predicted octanol–water partition coefficient (Wildman–Crippen LogP) is 2.76. The van der Waals surface area contributed by atoms with E-state index in [1.54, 1.807) is 19.1 Å². The largest absolute Gasteiger partial charge is 0.313 e. The lowest BCUT2D eigenvalue weighted by Crippen LogP contribution is -2.48. The second-order valence-corrected chi connectivity index (χ2v) is 7.87. The number of nitriles is 1. The fraction of sp³-hybridized carbons (Fsp3) is 0.278. The Hall–Kier alpha value is -1.98. The normalized spacial score (nSPS) is 18.0. The van der Waals surface area contributed by atoms with E-state index in [1.807, 2.05) is 6.07 Å². The molecule has 1 N–H and O–H groups in total. The second-order valence-electron chi connectivity index (χ2n) is 5.98. The molecule has 5 nitrogen and oxygen atoms in total. The molecule has 2 aromatic carbocycles. The summed E-state index contributed by atoms with van der Waals surface area (Å²) in [6.45, 7) is 2.94. The minimum Gasteiger partial charge on any atom is -0.313 e. The molecule has 26 heavy (non-hydrogen) atoms. The summed E-state index contributed by atoms with van der Waals surface area (Å²) in [6, 6.07) is 12.0. The zero-order valence-corrected chi connectivity index (χ0v) is 15.8. The number of nitrogens with zero attached hydrogens (tertiary/aromatic N) is 2. The Morgan fingerprint density at radius 2 is 2.04 bits per heavy atom. The van der Waals surface area contributed by atoms with E-state index in [2.05, 4.69) is 5.32 Å². The molecule has 3 rings (SSSR count). The first-order valence-corrected chi connectivity index (χ1v) is 9.36. The third-order valence-electron chi connectivity index (χ3n) is 4.35. The molecule has 1 aliphatic rings. The van der Waals surface area contributed by atoms with Crippen molar-refractivity contribution in [3.8, 4) is 6.07 Å². The Morgan fingerprint density at radius 1 is 1.27 bits per heavy atom. The zero-order valence-electron chi connectivity index (χ0n) is 14.1. The maximum atomic E-state index is 13.6. The first kappa shape index (κ1) is 20.3. The number of sulfonamides is 1. The van der Waals surface area contributed by atoms with Crippen LogP contribution in [-0.4, -0.2) is 32.4 Å². The van der Waals surface area contributed by atoms with E-state index >= 15 is 0 Å². The van der Waals surface area contributed by atoms with Crippen LogP contribution in [0.25, 0.3) is 0 Å². The highest BCUT2D eigenvalue weighted by Crippen LogP contribution is 2.30. The number of benzene rings is 2. The first-order chi connectivity index (χ1) is 11.9. The van der Waals surface area contributed by atoms with Gasteiger partial charge in [-0.15, -0.1) is 12.4 Å². The van der Waals surface area contributed by atoms with Gasteiger partial charge in [0.2, 0.25) is 10.0 Å². The maximum absolute atomic E-state index is 13.6. The minimum absolute atomic E-state index is 0. The summed E-state index contributed by atoms with van der Waals surface area (Å²) in [7, 11) is -3.76. The van der Waals surface area contributed by atoms with Gasteiger partial charge in [0.05, 0.1) is 22.6 Å². The van der Waals surface area contributed by atoms with Gasteiger partial charge in [0, 0.05) is 19.6 Å². The monoisotopic (exact) mass is 395 g/mol. The summed E-state index contributed by atoms with van der Waals surface area (Å²) in [4.78, 5) is 0.146. The fourth-order valence-electron chi connectivity index (χ4n) is 3.03. The van der Waals surface area contributed by atoms with Crippen molar-refractivity contribution in [2.45, 2.75) is 17.9 Å². The van der Waals surface area contributed by atoms with Gasteiger partial charge in [-0.2, -0.15) is 9.57 Å². The fourth-order valence-corrected chi connectivity index (χ4v) is 4.73. The molecule has 1 atom stereocenters. The molecule has 138 valence electrons. The molecule has 0 saturated carbocycles. The third kappa shape index (κ3) is 3.89. The van der Waals surface area contributed by atoms with Crippen LogP contribution in [0.1, 0.15) is 22.7 Å². The molecule has 8 heteroatoms. The van der Waals surface area contributed by atoms with Gasteiger partial charge in [0.1, 0.15) is 5.82 Å². The van der Waals surface area contributed by atoms with Crippen LogP contribution < -0.4 is 5.32 Å². The van der Waals surface area contributed by atoms with E-state index in [0.717, 1.165) is 0 Å². The molecule has 1 fully saturated rings. The zero-order chi connectivity index (χ0) is 18.0. The number of nitrogens with one attached hydrogen (secondary N) is 1. The number of hydrogen-bond acceptors (Lipinski definition) is 4. The highest BCUT2D eigenvalue weighted by Gasteiger charge is 2.34. The molecular formula is C18H19ClFN3O2S. The Balaban J connectivity index is 0.00000243. The maximum Gasteiger partial charge on any atom is 0.243 e. The summed E-state index contributed by atoms with van der Waals surface area (Å²) in [5, 5.41) is 12.2. The summed E-state index contributed by atoms with van der Waals surface area (Å²) in [5.41, 5.74) is 1.67. The summed E-state index contributed by atoms with van der Waals surface area (Å²) in [5.74, 6) is -0.394. The van der Waals surface area contributed by atoms with Crippen molar-refractivity contribution in [2.75, 3.05) is 19.6 Å².